The third-order valence-corrected chi connectivity index (χ3v) is 13.8. The number of fused-ring (bicyclic) bond motifs is 2. The summed E-state index contributed by atoms with van der Waals surface area (Å²) >= 11 is 6.08. The zero-order valence-electron chi connectivity index (χ0n) is 32.1. The molecule has 2 aliphatic heterocycles. The first-order chi connectivity index (χ1) is 26.3. The fourth-order valence-electron chi connectivity index (χ4n) is 8.79. The van der Waals surface area contributed by atoms with E-state index in [4.69, 9.17) is 25.8 Å². The number of hydrogen-bond acceptors (Lipinski definition) is 7. The maximum Gasteiger partial charge on any atom is 0.407 e. The third-order valence-electron chi connectivity index (χ3n) is 11.6. The van der Waals surface area contributed by atoms with Crippen molar-refractivity contribution in [2.45, 2.75) is 107 Å². The van der Waals surface area contributed by atoms with Gasteiger partial charge in [0.15, 0.2) is 0 Å². The Hall–Kier alpha value is -3.80. The molecule has 2 amide bonds. The lowest BCUT2D eigenvalue weighted by Gasteiger charge is -2.43. The van der Waals surface area contributed by atoms with Crippen molar-refractivity contribution in [3.63, 3.8) is 0 Å². The minimum atomic E-state index is -4.05. The number of halogens is 1. The van der Waals surface area contributed by atoms with Gasteiger partial charge >= 0.3 is 6.09 Å². The number of piperidine rings is 2. The van der Waals surface area contributed by atoms with Crippen LogP contribution >= 0.6 is 11.6 Å². The number of nitrogens with one attached hydrogen (secondary N) is 1. The molecule has 2 unspecified atom stereocenters. The highest BCUT2D eigenvalue weighted by atomic mass is 35.5. The van der Waals surface area contributed by atoms with Crippen LogP contribution in [0.15, 0.2) is 77.7 Å². The van der Waals surface area contributed by atoms with Gasteiger partial charge in [-0.25, -0.2) is 13.2 Å². The van der Waals surface area contributed by atoms with E-state index in [-0.39, 0.29) is 47.7 Å². The maximum absolute atomic E-state index is 14.6. The summed E-state index contributed by atoms with van der Waals surface area (Å²) in [6.07, 6.45) is 7.61. The number of carbonyl (C=O) groups is 2. The second-order valence-corrected chi connectivity index (χ2v) is 19.1. The van der Waals surface area contributed by atoms with Gasteiger partial charge in [0.05, 0.1) is 11.5 Å². The highest BCUT2D eigenvalue weighted by Gasteiger charge is 2.48. The molecule has 10 nitrogen and oxygen atoms in total. The highest BCUT2D eigenvalue weighted by Crippen LogP contribution is 2.39. The van der Waals surface area contributed by atoms with Crippen molar-refractivity contribution in [1.82, 2.24) is 14.5 Å². The molecule has 0 spiro atoms. The molecule has 2 aliphatic carbocycles. The maximum atomic E-state index is 14.6. The molecule has 4 aliphatic rings. The topological polar surface area (TPSA) is 114 Å². The number of likely N-dealkylation sites (tertiary alicyclic amines) is 1. The van der Waals surface area contributed by atoms with Gasteiger partial charge in [0, 0.05) is 37.1 Å². The number of hydrogen-bond donors (Lipinski definition) is 1. The van der Waals surface area contributed by atoms with Gasteiger partial charge in [-0.05, 0) is 130 Å². The molecular formula is C43H54ClN3O7S. The van der Waals surface area contributed by atoms with Crippen LogP contribution in [0, 0.1) is 17.8 Å². The fraction of sp³-hybridized carbons (Fsp3) is 0.535. The van der Waals surface area contributed by atoms with Crippen molar-refractivity contribution in [3.05, 3.63) is 77.8 Å². The SMILES string of the molecule is CC(C)(C)OC(=O)NC1C2CCC1CN(C(=O)[C@@H]1C[C@@H](Oc3ccc(-c4ccc(Cl)cc4)cc3)CCN1S(=O)(=O)c1ccc(OCC3CCCCC3)cc1)C2. The Morgan fingerprint density at radius 2 is 1.40 bits per heavy atom. The van der Waals surface area contributed by atoms with E-state index in [2.05, 4.69) is 5.32 Å². The molecule has 4 fully saturated rings. The van der Waals surface area contributed by atoms with Crippen molar-refractivity contribution < 1.29 is 32.2 Å². The predicted molar refractivity (Wildman–Crippen MR) is 213 cm³/mol. The van der Waals surface area contributed by atoms with Crippen LogP contribution in [0.4, 0.5) is 4.79 Å². The van der Waals surface area contributed by atoms with Gasteiger partial charge in [0.1, 0.15) is 29.2 Å². The molecule has 1 N–H and O–H groups in total. The smallest absolute Gasteiger partial charge is 0.407 e. The van der Waals surface area contributed by atoms with Crippen LogP contribution in [0.5, 0.6) is 11.5 Å². The Balaban J connectivity index is 1.07. The molecule has 55 heavy (non-hydrogen) atoms. The van der Waals surface area contributed by atoms with E-state index >= 15 is 0 Å². The van der Waals surface area contributed by atoms with Crippen LogP contribution in [-0.4, -0.2) is 79.7 Å². The van der Waals surface area contributed by atoms with E-state index in [9.17, 15) is 18.0 Å². The number of nitrogens with zero attached hydrogens (tertiary/aromatic N) is 2. The molecular weight excluding hydrogens is 738 g/mol. The third kappa shape index (κ3) is 9.60. The zero-order chi connectivity index (χ0) is 38.7. The van der Waals surface area contributed by atoms with Gasteiger partial charge in [0.2, 0.25) is 15.9 Å². The van der Waals surface area contributed by atoms with E-state index in [0.29, 0.717) is 48.6 Å². The summed E-state index contributed by atoms with van der Waals surface area (Å²) < 4.78 is 48.2. The summed E-state index contributed by atoms with van der Waals surface area (Å²) in [6, 6.07) is 21.0. The molecule has 0 radical (unpaired) electrons. The van der Waals surface area contributed by atoms with Crippen molar-refractivity contribution in [2.75, 3.05) is 26.2 Å². The van der Waals surface area contributed by atoms with Crippen LogP contribution in [0.1, 0.15) is 78.6 Å². The summed E-state index contributed by atoms with van der Waals surface area (Å²) in [5.41, 5.74) is 1.43. The van der Waals surface area contributed by atoms with Crippen LogP contribution in [0.25, 0.3) is 11.1 Å². The van der Waals surface area contributed by atoms with Crippen molar-refractivity contribution in [3.8, 4) is 22.6 Å². The monoisotopic (exact) mass is 791 g/mol. The van der Waals surface area contributed by atoms with Crippen LogP contribution in [0.2, 0.25) is 5.02 Å². The number of amides is 2. The fourth-order valence-corrected chi connectivity index (χ4v) is 10.5. The molecule has 3 aromatic rings. The molecule has 0 aromatic heterocycles. The molecule has 2 bridgehead atoms. The minimum Gasteiger partial charge on any atom is -0.493 e. The van der Waals surface area contributed by atoms with Crippen LogP contribution in [0.3, 0.4) is 0 Å². The van der Waals surface area contributed by atoms with Gasteiger partial charge < -0.3 is 24.4 Å². The van der Waals surface area contributed by atoms with E-state index in [1.807, 2.05) is 74.2 Å². The Bertz CT molecular complexity index is 1880. The van der Waals surface area contributed by atoms with Crippen molar-refractivity contribution in [2.24, 2.45) is 17.8 Å². The normalized spacial score (nSPS) is 24.9. The number of benzene rings is 3. The first kappa shape index (κ1) is 39.4. The second kappa shape index (κ2) is 16.7. The highest BCUT2D eigenvalue weighted by molar-refractivity contribution is 7.89. The minimum absolute atomic E-state index is 0.0521. The first-order valence-corrected chi connectivity index (χ1v) is 21.7. The predicted octanol–water partition coefficient (Wildman–Crippen LogP) is 8.33. The Morgan fingerprint density at radius 1 is 0.800 bits per heavy atom. The quantitative estimate of drug-likeness (QED) is 0.220. The van der Waals surface area contributed by atoms with E-state index in [1.54, 1.807) is 24.3 Å². The summed E-state index contributed by atoms with van der Waals surface area (Å²) in [6.45, 7) is 7.14. The Labute approximate surface area is 330 Å². The lowest BCUT2D eigenvalue weighted by Crippen LogP contribution is -2.60. The molecule has 7 rings (SSSR count). The van der Waals surface area contributed by atoms with E-state index in [0.717, 1.165) is 36.8 Å². The van der Waals surface area contributed by atoms with Crippen LogP contribution in [-0.2, 0) is 19.6 Å². The number of carbonyl (C=O) groups excluding carboxylic acids is 2. The number of alkyl carbamates (subject to hydrolysis) is 1. The van der Waals surface area contributed by atoms with Gasteiger partial charge in [-0.2, -0.15) is 4.31 Å². The number of sulfonamides is 1. The summed E-state index contributed by atoms with van der Waals surface area (Å²) in [7, 11) is -4.05. The Kier molecular flexibility index (Phi) is 12.0. The molecule has 12 heteroatoms. The van der Waals surface area contributed by atoms with Gasteiger partial charge in [-0.3, -0.25) is 4.79 Å². The second-order valence-electron chi connectivity index (χ2n) is 16.7. The van der Waals surface area contributed by atoms with Crippen molar-refractivity contribution >= 4 is 33.6 Å². The van der Waals surface area contributed by atoms with Gasteiger partial charge in [-0.15, -0.1) is 0 Å². The van der Waals surface area contributed by atoms with Gasteiger partial charge in [0.25, 0.3) is 0 Å². The summed E-state index contributed by atoms with van der Waals surface area (Å²) in [4.78, 5) is 29.3. The van der Waals surface area contributed by atoms with E-state index < -0.39 is 27.8 Å². The van der Waals surface area contributed by atoms with Crippen LogP contribution < -0.4 is 14.8 Å². The lowest BCUT2D eigenvalue weighted by atomic mass is 9.90. The van der Waals surface area contributed by atoms with E-state index in [1.165, 1.54) is 23.6 Å². The standard InChI is InChI=1S/C43H54ClN3O7S/c1-43(2,3)54-42(49)45-40-32-9-10-33(40)27-46(26-32)41(48)39-25-37(53-36-17-13-31(14-18-36)30-11-15-34(44)16-12-30)23-24-47(39)55(50,51)38-21-19-35(20-22-38)52-28-29-7-5-4-6-8-29/h11-22,29,32-33,37,39-40H,4-10,23-28H2,1-3H3,(H,45,49)/t32?,33?,37-,39-,40?/m0/s1. The summed E-state index contributed by atoms with van der Waals surface area (Å²) in [5.74, 6) is 1.70. The first-order valence-electron chi connectivity index (χ1n) is 19.9. The number of ether oxygens (including phenoxy) is 3. The molecule has 2 saturated heterocycles. The number of rotatable bonds is 10. The molecule has 2 heterocycles. The Morgan fingerprint density at radius 3 is 2.02 bits per heavy atom. The average Bonchev–Trinajstić information content (AvgIpc) is 3.38. The largest absolute Gasteiger partial charge is 0.493 e. The van der Waals surface area contributed by atoms with Crippen molar-refractivity contribution in [1.29, 1.82) is 0 Å². The molecule has 4 atom stereocenters. The summed E-state index contributed by atoms with van der Waals surface area (Å²) in [5, 5.41) is 3.75. The van der Waals surface area contributed by atoms with Gasteiger partial charge in [-0.1, -0.05) is 55.1 Å². The molecule has 296 valence electrons. The average molecular weight is 792 g/mol. The zero-order valence-corrected chi connectivity index (χ0v) is 33.7. The molecule has 3 aromatic carbocycles. The lowest BCUT2D eigenvalue weighted by molar-refractivity contribution is -0.140. The molecule has 2 saturated carbocycles.